The largest absolute Gasteiger partial charge is 0.494 e. The van der Waals surface area contributed by atoms with Crippen LogP contribution >= 0.6 is 12.6 Å². The van der Waals surface area contributed by atoms with Gasteiger partial charge in [-0.1, -0.05) is 38.8 Å². The molecule has 1 aliphatic heterocycles. The van der Waals surface area contributed by atoms with Crippen LogP contribution in [-0.2, 0) is 40.9 Å². The van der Waals surface area contributed by atoms with Gasteiger partial charge in [0, 0.05) is 18.2 Å². The molecule has 1 saturated heterocycles. The van der Waals surface area contributed by atoms with Gasteiger partial charge < -0.3 is 23.7 Å². The summed E-state index contributed by atoms with van der Waals surface area (Å²) < 4.78 is 75.5. The van der Waals surface area contributed by atoms with Crippen LogP contribution in [0.1, 0.15) is 51.5 Å². The number of hydrogen-bond acceptors (Lipinski definition) is 11. The van der Waals surface area contributed by atoms with E-state index in [-0.39, 0.29) is 34.9 Å². The number of carbonyl (C=O) groups excluding carboxylic acids is 2. The van der Waals surface area contributed by atoms with E-state index in [1.165, 1.54) is 43.5 Å². The molecule has 1 N–H and O–H groups in total. The molecule has 3 atom stereocenters. The van der Waals surface area contributed by atoms with Gasteiger partial charge >= 0.3 is 16.1 Å². The number of esters is 1. The molecule has 1 heterocycles. The third kappa shape index (κ3) is 10.4. The molecule has 12 nitrogen and oxygen atoms in total. The van der Waals surface area contributed by atoms with Crippen molar-refractivity contribution in [2.45, 2.75) is 79.5 Å². The van der Waals surface area contributed by atoms with Gasteiger partial charge in [-0.15, -0.1) is 0 Å². The molecule has 272 valence electrons. The topological polar surface area (TPSA) is 155 Å². The van der Waals surface area contributed by atoms with Crippen LogP contribution in [0, 0.1) is 0 Å². The van der Waals surface area contributed by atoms with E-state index < -0.39 is 49.4 Å². The van der Waals surface area contributed by atoms with Crippen molar-refractivity contribution in [3.05, 3.63) is 78.4 Å². The Hall–Kier alpha value is -3.79. The minimum atomic E-state index is -4.14. The predicted octanol–water partition coefficient (Wildman–Crippen LogP) is 4.77. The van der Waals surface area contributed by atoms with Gasteiger partial charge in [0.25, 0.3) is 0 Å². The Morgan fingerprint density at radius 3 is 1.86 bits per heavy atom. The molecule has 0 radical (unpaired) electrons. The second-order valence-corrected chi connectivity index (χ2v) is 16.0. The van der Waals surface area contributed by atoms with Crippen LogP contribution in [0.25, 0.3) is 0 Å². The minimum absolute atomic E-state index is 0.00240. The van der Waals surface area contributed by atoms with Gasteiger partial charge in [-0.25, -0.2) is 13.2 Å². The number of amides is 1. The summed E-state index contributed by atoms with van der Waals surface area (Å²) in [6, 6.07) is 15.7. The van der Waals surface area contributed by atoms with Crippen molar-refractivity contribution >= 4 is 44.6 Å². The Labute approximate surface area is 300 Å². The summed E-state index contributed by atoms with van der Waals surface area (Å²) in [5.74, 6) is -0.270. The van der Waals surface area contributed by atoms with Crippen LogP contribution in [0.5, 0.6) is 17.2 Å². The maximum absolute atomic E-state index is 13.6. The molecule has 0 spiro atoms. The maximum Gasteiger partial charge on any atom is 0.339 e. The SMILES string of the molecule is CCCCOc1ccc(S(=O)(=O)Oc2ccc(CC(NC(=O)[C@@H]3C[C@H](S)CN3S(=O)(=O)c3ccc(OCCCC)cc3)C(=O)OC)cc2)cc1. The molecule has 15 heteroatoms. The Balaban J connectivity index is 1.41. The summed E-state index contributed by atoms with van der Waals surface area (Å²) in [4.78, 5) is 26.3. The summed E-state index contributed by atoms with van der Waals surface area (Å²) >= 11 is 4.47. The first-order valence-corrected chi connectivity index (χ1v) is 19.8. The number of unbranched alkanes of at least 4 members (excludes halogenated alkanes) is 2. The van der Waals surface area contributed by atoms with Crippen LogP contribution in [0.3, 0.4) is 0 Å². The molecule has 0 bridgehead atoms. The van der Waals surface area contributed by atoms with Gasteiger partial charge in [0.1, 0.15) is 34.2 Å². The summed E-state index contributed by atoms with van der Waals surface area (Å²) in [6.07, 6.45) is 3.81. The van der Waals surface area contributed by atoms with Gasteiger partial charge in [0.15, 0.2) is 0 Å². The van der Waals surface area contributed by atoms with E-state index in [4.69, 9.17) is 18.4 Å². The van der Waals surface area contributed by atoms with Crippen LogP contribution in [0.4, 0.5) is 0 Å². The number of ether oxygens (including phenoxy) is 3. The van der Waals surface area contributed by atoms with Gasteiger partial charge in [-0.2, -0.15) is 25.4 Å². The lowest BCUT2D eigenvalue weighted by atomic mass is 10.0. The number of methoxy groups -OCH3 is 1. The lowest BCUT2D eigenvalue weighted by molar-refractivity contribution is -0.145. The molecule has 4 rings (SSSR count). The highest BCUT2D eigenvalue weighted by Gasteiger charge is 2.44. The maximum atomic E-state index is 13.6. The smallest absolute Gasteiger partial charge is 0.339 e. The van der Waals surface area contributed by atoms with Crippen LogP contribution in [0.15, 0.2) is 82.6 Å². The average Bonchev–Trinajstić information content (AvgIpc) is 3.51. The Morgan fingerprint density at radius 2 is 1.34 bits per heavy atom. The summed E-state index contributed by atoms with van der Waals surface area (Å²) in [5.41, 5.74) is 0.559. The van der Waals surface area contributed by atoms with Crippen molar-refractivity contribution in [3.63, 3.8) is 0 Å². The summed E-state index contributed by atoms with van der Waals surface area (Å²) in [7, 11) is -7.05. The van der Waals surface area contributed by atoms with Crippen molar-refractivity contribution in [1.82, 2.24) is 9.62 Å². The number of benzene rings is 3. The zero-order valence-electron chi connectivity index (χ0n) is 28.3. The van der Waals surface area contributed by atoms with E-state index in [1.807, 2.05) is 13.8 Å². The molecule has 0 saturated carbocycles. The molecule has 1 aliphatic rings. The van der Waals surface area contributed by atoms with Crippen LogP contribution in [-0.4, -0.2) is 77.2 Å². The fourth-order valence-electron chi connectivity index (χ4n) is 5.20. The van der Waals surface area contributed by atoms with E-state index in [0.29, 0.717) is 30.3 Å². The normalized spacial score (nSPS) is 17.1. The Morgan fingerprint density at radius 1 is 0.820 bits per heavy atom. The molecule has 50 heavy (non-hydrogen) atoms. The molecule has 1 unspecified atom stereocenters. The standard InChI is InChI=1S/C35H44N2O10S3/c1-4-6-20-45-26-12-16-30(17-13-26)49(40,41)37-24-29(48)23-33(37)34(38)36-32(35(39)44-3)22-25-8-10-28(11-9-25)47-50(42,43)31-18-14-27(15-19-31)46-21-7-5-2/h8-19,29,32-33,48H,4-7,20-24H2,1-3H3,(H,36,38)/t29-,32?,33-/m0/s1. The molecular formula is C35H44N2O10S3. The second kappa shape index (κ2) is 17.9. The zero-order chi connectivity index (χ0) is 36.3. The van der Waals surface area contributed by atoms with Gasteiger partial charge in [0.05, 0.1) is 25.2 Å². The van der Waals surface area contributed by atoms with Crippen molar-refractivity contribution in [2.75, 3.05) is 26.9 Å². The number of carbonyl (C=O) groups is 2. The van der Waals surface area contributed by atoms with Crippen LogP contribution in [0.2, 0.25) is 0 Å². The number of rotatable bonds is 18. The number of sulfonamides is 1. The number of thiol groups is 1. The molecule has 1 amide bonds. The first kappa shape index (κ1) is 39.0. The second-order valence-electron chi connectivity index (χ2n) is 11.8. The van der Waals surface area contributed by atoms with Gasteiger partial charge in [-0.3, -0.25) is 4.79 Å². The first-order chi connectivity index (χ1) is 23.9. The number of nitrogens with one attached hydrogen (secondary N) is 1. The average molecular weight is 749 g/mol. The lowest BCUT2D eigenvalue weighted by Gasteiger charge is -2.25. The summed E-state index contributed by atoms with van der Waals surface area (Å²) in [5, 5.41) is 2.25. The third-order valence-electron chi connectivity index (χ3n) is 7.98. The van der Waals surface area contributed by atoms with E-state index >= 15 is 0 Å². The van der Waals surface area contributed by atoms with E-state index in [1.54, 1.807) is 36.4 Å². The quantitative estimate of drug-likeness (QED) is 0.0805. The highest BCUT2D eigenvalue weighted by molar-refractivity contribution is 7.89. The molecular weight excluding hydrogens is 705 g/mol. The molecule has 0 aliphatic carbocycles. The fraction of sp³-hybridized carbons (Fsp3) is 0.429. The predicted molar refractivity (Wildman–Crippen MR) is 191 cm³/mol. The van der Waals surface area contributed by atoms with Crippen molar-refractivity contribution in [3.8, 4) is 17.2 Å². The lowest BCUT2D eigenvalue weighted by Crippen LogP contribution is -2.51. The molecule has 3 aromatic carbocycles. The first-order valence-electron chi connectivity index (χ1n) is 16.4. The van der Waals surface area contributed by atoms with E-state index in [2.05, 4.69) is 17.9 Å². The van der Waals surface area contributed by atoms with Gasteiger partial charge in [0.2, 0.25) is 15.9 Å². The highest BCUT2D eigenvalue weighted by Crippen LogP contribution is 2.30. The van der Waals surface area contributed by atoms with Crippen molar-refractivity contribution < 1.29 is 44.8 Å². The highest BCUT2D eigenvalue weighted by atomic mass is 32.2. The fourth-order valence-corrected chi connectivity index (χ4v) is 8.26. The monoisotopic (exact) mass is 748 g/mol. The Kier molecular flexibility index (Phi) is 14.0. The Bertz CT molecular complexity index is 1780. The van der Waals surface area contributed by atoms with E-state index in [0.717, 1.165) is 30.0 Å². The molecule has 0 aromatic heterocycles. The zero-order valence-corrected chi connectivity index (χ0v) is 30.8. The van der Waals surface area contributed by atoms with Gasteiger partial charge in [-0.05, 0) is 85.5 Å². The third-order valence-corrected chi connectivity index (χ3v) is 11.5. The minimum Gasteiger partial charge on any atom is -0.494 e. The van der Waals surface area contributed by atoms with Crippen LogP contribution < -0.4 is 19.0 Å². The van der Waals surface area contributed by atoms with E-state index in [9.17, 15) is 26.4 Å². The number of nitrogens with zero attached hydrogens (tertiary/aromatic N) is 1. The number of hydrogen-bond donors (Lipinski definition) is 2. The van der Waals surface area contributed by atoms with Crippen molar-refractivity contribution in [1.29, 1.82) is 0 Å². The summed E-state index contributed by atoms with van der Waals surface area (Å²) in [6.45, 7) is 5.14. The molecule has 1 fully saturated rings. The van der Waals surface area contributed by atoms with Crippen molar-refractivity contribution in [2.24, 2.45) is 0 Å². The molecule has 3 aromatic rings.